The van der Waals surface area contributed by atoms with Gasteiger partial charge in [-0.25, -0.2) is 19.2 Å². The molecule has 4 atom stereocenters. The van der Waals surface area contributed by atoms with Gasteiger partial charge < -0.3 is 105 Å². The Morgan fingerprint density at radius 3 is 1.09 bits per heavy atom. The second-order valence-corrected chi connectivity index (χ2v) is 29.3. The van der Waals surface area contributed by atoms with Gasteiger partial charge in [0.15, 0.2) is 5.78 Å². The molecule has 2 rings (SSSR count). The van der Waals surface area contributed by atoms with Crippen molar-refractivity contribution in [3.8, 4) is 11.5 Å². The molecular weight excluding hydrogens is 1580 g/mol. The van der Waals surface area contributed by atoms with E-state index in [1.807, 2.05) is 0 Å². The maximum Gasteiger partial charge on any atom is 0.335 e. The van der Waals surface area contributed by atoms with Crippen LogP contribution in [0.3, 0.4) is 0 Å². The average molecular weight is 1720 g/mol. The molecule has 0 bridgehead atoms. The van der Waals surface area contributed by atoms with Gasteiger partial charge in [-0.15, -0.1) is 0 Å². The molecule has 2 aromatic carbocycles. The summed E-state index contributed by atoms with van der Waals surface area (Å²) in [7, 11) is 1.72. The van der Waals surface area contributed by atoms with Crippen LogP contribution < -0.4 is 46.7 Å². The molecule has 0 radical (unpaired) electrons. The molecule has 0 aliphatic carbocycles. The number of amides is 6. The first-order valence-electron chi connectivity index (χ1n) is 42.9. The van der Waals surface area contributed by atoms with Crippen molar-refractivity contribution in [1.82, 2.24) is 37.2 Å². The van der Waals surface area contributed by atoms with Crippen molar-refractivity contribution in [2.24, 2.45) is 5.92 Å². The summed E-state index contributed by atoms with van der Waals surface area (Å²) >= 11 is 0. The highest BCUT2D eigenvalue weighted by Gasteiger charge is 2.24. The Balaban J connectivity index is 1.34. The van der Waals surface area contributed by atoms with Crippen LogP contribution in [0, 0.1) is 5.92 Å². The van der Waals surface area contributed by atoms with Gasteiger partial charge in [-0.05, 0) is 152 Å². The summed E-state index contributed by atoms with van der Waals surface area (Å²) in [4.78, 5) is 170. The van der Waals surface area contributed by atoms with Crippen molar-refractivity contribution < 1.29 is 135 Å². The molecule has 0 saturated carbocycles. The van der Waals surface area contributed by atoms with Gasteiger partial charge in [0.25, 0.3) is 0 Å². The Kier molecular flexibility index (Phi) is 64.9. The number of ether oxygens (including phenoxy) is 10. The van der Waals surface area contributed by atoms with Crippen molar-refractivity contribution in [2.45, 2.75) is 231 Å². The number of hydrogen-bond acceptors (Lipinski definition) is 25. The van der Waals surface area contributed by atoms with Crippen LogP contribution in [0.2, 0.25) is 0 Å². The number of carboxylic acids is 4. The largest absolute Gasteiger partial charge is 0.494 e. The van der Waals surface area contributed by atoms with Gasteiger partial charge >= 0.3 is 23.9 Å². The van der Waals surface area contributed by atoms with Crippen LogP contribution in [-0.4, -0.2) is 273 Å². The number of hydrogen-bond donors (Lipinski definition) is 11. The molecule has 0 aromatic heterocycles. The summed E-state index contributed by atoms with van der Waals surface area (Å²) in [5.41, 5.74) is 0.409. The molecule has 0 aliphatic rings. The Labute approximate surface area is 711 Å². The summed E-state index contributed by atoms with van der Waals surface area (Å²) < 4.78 is 54.7. The van der Waals surface area contributed by atoms with Crippen LogP contribution in [0.5, 0.6) is 11.5 Å². The Morgan fingerprint density at radius 1 is 0.298 bits per heavy atom. The van der Waals surface area contributed by atoms with Crippen LogP contribution >= 0.6 is 0 Å². The zero-order chi connectivity index (χ0) is 88.6. The molecule has 0 saturated heterocycles. The highest BCUT2D eigenvalue weighted by atomic mass is 16.5. The lowest BCUT2D eigenvalue weighted by Crippen LogP contribution is -2.41. The molecule has 11 N–H and O–H groups in total. The van der Waals surface area contributed by atoms with E-state index in [0.29, 0.717) is 115 Å². The van der Waals surface area contributed by atoms with Crippen LogP contribution in [0.15, 0.2) is 48.5 Å². The van der Waals surface area contributed by atoms with E-state index >= 15 is 0 Å². The van der Waals surface area contributed by atoms with Crippen LogP contribution in [0.4, 0.5) is 0 Å². The Bertz CT molecular complexity index is 3260. The first kappa shape index (κ1) is 108. The van der Waals surface area contributed by atoms with Crippen LogP contribution in [0.25, 0.3) is 0 Å². The SMILES string of the molecule is CN[C@@H](CCCCNC(=O)COCCOCCCC(=O)COCCOCCNC(=O)CC[C@H](NC(=O)CCCCCCCCCOc1ccc(C(=O)O)cc1)C(=O)O)C(=O)CC[C@@H](CCCCNC(=O)COCCOCCNC(=O)COCCOCCCC(=O)CC[C@H](NC(=O)CCCCCCCCCOc1ccc(C(=O)O)cc1)C(=O)O)C(C)=O. The number of carbonyl (C=O) groups excluding carboxylic acids is 10. The first-order valence-corrected chi connectivity index (χ1v) is 42.9. The quantitative estimate of drug-likeness (QED) is 0.0290. The zero-order valence-corrected chi connectivity index (χ0v) is 71.2. The molecule has 2 aromatic rings. The second kappa shape index (κ2) is 72.7. The minimum absolute atomic E-state index is 0.000114. The molecule has 684 valence electrons. The van der Waals surface area contributed by atoms with Gasteiger partial charge in [0.05, 0.1) is 96.5 Å². The highest BCUT2D eigenvalue weighted by Crippen LogP contribution is 2.20. The second-order valence-electron chi connectivity index (χ2n) is 29.3. The summed E-state index contributed by atoms with van der Waals surface area (Å²) in [5.74, 6) is -5.73. The van der Waals surface area contributed by atoms with Gasteiger partial charge in [-0.3, -0.25) is 47.9 Å². The fourth-order valence-corrected chi connectivity index (χ4v) is 12.2. The standard InChI is InChI=1S/C86H137N7O28/c1-65(94)66(23-15-17-43-88-80(101)63-119-60-56-115-52-46-91-82(103)64-118-59-53-112-47-21-24-69(95)34-39-74(85(108)109)92-78(99)27-13-9-5-3-7-11-19-49-120-71-35-29-67(30-36-71)83(104)105)33-41-76(97)73(87-2)26-16-18-44-89-81(102)62-117-58-54-113-48-22-25-70(96)61-116-57-55-114-51-45-90-77(98)42-40-75(86(110)111)93-79(100)28-14-10-6-4-8-12-20-50-121-72-37-31-68(32-38-72)84(106)107/h29-32,35-38,66,73-75,87H,3-28,33-34,39-64H2,1-2H3,(H,88,101)(H,89,102)(H,90,98)(H,91,103)(H,92,99)(H,93,100)(H,104,105)(H,106,107)(H,108,109)(H,110,111)/t66-,73+,74+,75+/m1/s1. The molecule has 0 aliphatic heterocycles. The van der Waals surface area contributed by atoms with E-state index in [4.69, 9.17) is 57.6 Å². The normalized spacial score (nSPS) is 12.1. The number of Topliss-reactive ketones (excluding diaryl/α,β-unsaturated/α-hetero) is 4. The molecule has 121 heavy (non-hydrogen) atoms. The lowest BCUT2D eigenvalue weighted by molar-refractivity contribution is -0.142. The van der Waals surface area contributed by atoms with Gasteiger partial charge in [-0.1, -0.05) is 70.6 Å². The first-order chi connectivity index (χ1) is 58.5. The van der Waals surface area contributed by atoms with Crippen molar-refractivity contribution >= 4 is 82.5 Å². The van der Waals surface area contributed by atoms with Crippen molar-refractivity contribution in [3.05, 3.63) is 59.7 Å². The minimum atomic E-state index is -1.22. The summed E-state index contributed by atoms with van der Waals surface area (Å²) in [5, 5.41) is 56.2. The number of carbonyl (C=O) groups is 14. The van der Waals surface area contributed by atoms with Crippen molar-refractivity contribution in [1.29, 1.82) is 0 Å². The van der Waals surface area contributed by atoms with E-state index in [2.05, 4.69) is 37.2 Å². The van der Waals surface area contributed by atoms with E-state index in [1.165, 1.54) is 31.2 Å². The highest BCUT2D eigenvalue weighted by molar-refractivity contribution is 5.89. The van der Waals surface area contributed by atoms with Gasteiger partial charge in [0, 0.05) is 90.3 Å². The third-order valence-electron chi connectivity index (χ3n) is 19.1. The van der Waals surface area contributed by atoms with E-state index in [9.17, 15) is 77.3 Å². The molecule has 0 spiro atoms. The van der Waals surface area contributed by atoms with Gasteiger partial charge in [0.2, 0.25) is 35.4 Å². The number of nitrogens with one attached hydrogen (secondary N) is 7. The van der Waals surface area contributed by atoms with Crippen molar-refractivity contribution in [2.75, 3.05) is 152 Å². The monoisotopic (exact) mass is 1720 g/mol. The third-order valence-corrected chi connectivity index (χ3v) is 19.1. The number of carboxylic acid groups (broad SMARTS) is 4. The number of rotatable bonds is 84. The maximum absolute atomic E-state index is 13.1. The van der Waals surface area contributed by atoms with Gasteiger partial charge in [0.1, 0.15) is 67.4 Å². The topological polar surface area (TPSA) is 496 Å². The summed E-state index contributed by atoms with van der Waals surface area (Å²) in [6.07, 6.45) is 18.4. The number of unbranched alkanes of at least 4 members (excludes halogenated alkanes) is 14. The zero-order valence-electron chi connectivity index (χ0n) is 71.2. The van der Waals surface area contributed by atoms with E-state index in [0.717, 1.165) is 77.0 Å². The summed E-state index contributed by atoms with van der Waals surface area (Å²) in [6, 6.07) is 9.81. The fourth-order valence-electron chi connectivity index (χ4n) is 12.2. The number of likely N-dealkylation sites (N-methyl/N-ethyl adjacent to an activating group) is 1. The summed E-state index contributed by atoms with van der Waals surface area (Å²) in [6.45, 7) is 5.61. The molecular formula is C86H137N7O28. The van der Waals surface area contributed by atoms with Gasteiger partial charge in [-0.2, -0.15) is 0 Å². The lowest BCUT2D eigenvalue weighted by Gasteiger charge is -2.18. The Morgan fingerprint density at radius 2 is 0.669 bits per heavy atom. The lowest BCUT2D eigenvalue weighted by atomic mass is 9.90. The molecule has 35 nitrogen and oxygen atoms in total. The number of benzene rings is 2. The predicted molar refractivity (Wildman–Crippen MR) is 445 cm³/mol. The molecule has 0 fully saturated rings. The van der Waals surface area contributed by atoms with Crippen LogP contribution in [-0.2, 0) is 95.4 Å². The maximum atomic E-state index is 13.1. The minimum Gasteiger partial charge on any atom is -0.494 e. The van der Waals surface area contributed by atoms with Crippen LogP contribution in [0.1, 0.15) is 233 Å². The fraction of sp³-hybridized carbons (Fsp3) is 0.698. The molecule has 0 heterocycles. The number of ketones is 4. The molecule has 6 amide bonds. The Hall–Kier alpha value is -8.94. The van der Waals surface area contributed by atoms with Crippen molar-refractivity contribution in [3.63, 3.8) is 0 Å². The average Bonchev–Trinajstić information content (AvgIpc) is 0.894. The predicted octanol–water partition coefficient (Wildman–Crippen LogP) is 7.26. The number of aliphatic carboxylic acids is 2. The third kappa shape index (κ3) is 61.9. The molecule has 35 heteroatoms. The van der Waals surface area contributed by atoms with E-state index in [1.54, 1.807) is 31.3 Å². The van der Waals surface area contributed by atoms with E-state index < -0.39 is 42.0 Å². The number of aromatic carboxylic acids is 2. The van der Waals surface area contributed by atoms with E-state index in [-0.39, 0.29) is 246 Å². The molecule has 0 unspecified atom stereocenters. The smallest absolute Gasteiger partial charge is 0.335 e.